The number of carbonyl (C=O) groups is 1. The zero-order chi connectivity index (χ0) is 14.2. The van der Waals surface area contributed by atoms with E-state index in [1.165, 1.54) is 4.90 Å². The number of aliphatic hydroxyl groups is 1. The zero-order valence-electron chi connectivity index (χ0n) is 10.4. The van der Waals surface area contributed by atoms with Crippen molar-refractivity contribution < 1.29 is 23.1 Å². The standard InChI is InChI=1S/C13H14F3NO2/c1-7-4-5-17(10(7)6-18)13(19)8-2-3-9(14)12(16)11(8)15/h2-3,7,10,18H,4-6H2,1H3. The zero-order valence-corrected chi connectivity index (χ0v) is 10.4. The fourth-order valence-corrected chi connectivity index (χ4v) is 2.38. The summed E-state index contributed by atoms with van der Waals surface area (Å²) >= 11 is 0. The average molecular weight is 273 g/mol. The smallest absolute Gasteiger partial charge is 0.257 e. The van der Waals surface area contributed by atoms with Crippen LogP contribution in [0.1, 0.15) is 23.7 Å². The highest BCUT2D eigenvalue weighted by molar-refractivity contribution is 5.95. The lowest BCUT2D eigenvalue weighted by atomic mass is 10.0. The summed E-state index contributed by atoms with van der Waals surface area (Å²) in [4.78, 5) is 13.4. The van der Waals surface area contributed by atoms with Gasteiger partial charge in [0.25, 0.3) is 5.91 Å². The van der Waals surface area contributed by atoms with Gasteiger partial charge in [0.15, 0.2) is 17.5 Å². The normalized spacial score (nSPS) is 22.9. The van der Waals surface area contributed by atoms with Crippen LogP contribution in [0.25, 0.3) is 0 Å². The van der Waals surface area contributed by atoms with E-state index < -0.39 is 35.0 Å². The van der Waals surface area contributed by atoms with Crippen molar-refractivity contribution in [3.63, 3.8) is 0 Å². The van der Waals surface area contributed by atoms with Crippen molar-refractivity contribution in [2.24, 2.45) is 5.92 Å². The molecule has 0 radical (unpaired) electrons. The Morgan fingerprint density at radius 2 is 2.05 bits per heavy atom. The number of hydrogen-bond donors (Lipinski definition) is 1. The van der Waals surface area contributed by atoms with Crippen LogP contribution in [-0.2, 0) is 0 Å². The van der Waals surface area contributed by atoms with Gasteiger partial charge >= 0.3 is 0 Å². The van der Waals surface area contributed by atoms with Gasteiger partial charge in [-0.15, -0.1) is 0 Å². The van der Waals surface area contributed by atoms with Crippen LogP contribution in [0.15, 0.2) is 12.1 Å². The molecule has 1 amide bonds. The van der Waals surface area contributed by atoms with Crippen molar-refractivity contribution in [1.29, 1.82) is 0 Å². The minimum atomic E-state index is -1.65. The highest BCUT2D eigenvalue weighted by atomic mass is 19.2. The first kappa shape index (κ1) is 13.9. The molecule has 2 atom stereocenters. The maximum absolute atomic E-state index is 13.6. The quantitative estimate of drug-likeness (QED) is 0.837. The van der Waals surface area contributed by atoms with Gasteiger partial charge in [-0.1, -0.05) is 6.92 Å². The second-order valence-corrected chi connectivity index (χ2v) is 4.74. The summed E-state index contributed by atoms with van der Waals surface area (Å²) in [7, 11) is 0. The maximum Gasteiger partial charge on any atom is 0.257 e. The minimum Gasteiger partial charge on any atom is -0.394 e. The van der Waals surface area contributed by atoms with Crippen molar-refractivity contribution in [2.45, 2.75) is 19.4 Å². The van der Waals surface area contributed by atoms with Crippen molar-refractivity contribution in [2.75, 3.05) is 13.2 Å². The highest BCUT2D eigenvalue weighted by Gasteiger charge is 2.35. The van der Waals surface area contributed by atoms with Crippen LogP contribution >= 0.6 is 0 Å². The van der Waals surface area contributed by atoms with Crippen LogP contribution < -0.4 is 0 Å². The first-order valence-corrected chi connectivity index (χ1v) is 6.02. The molecule has 104 valence electrons. The SMILES string of the molecule is CC1CCN(C(=O)c2ccc(F)c(F)c2F)C1CO. The summed E-state index contributed by atoms with van der Waals surface area (Å²) in [5, 5.41) is 9.25. The summed E-state index contributed by atoms with van der Waals surface area (Å²) in [5.74, 6) is -5.11. The van der Waals surface area contributed by atoms with Crippen LogP contribution in [0.4, 0.5) is 13.2 Å². The number of aliphatic hydroxyl groups excluding tert-OH is 1. The number of hydrogen-bond acceptors (Lipinski definition) is 2. The summed E-state index contributed by atoms with van der Waals surface area (Å²) < 4.78 is 39.5. The van der Waals surface area contributed by atoms with Gasteiger partial charge in [-0.25, -0.2) is 13.2 Å². The number of halogens is 3. The van der Waals surface area contributed by atoms with Crippen LogP contribution in [-0.4, -0.2) is 35.1 Å². The number of nitrogens with zero attached hydrogens (tertiary/aromatic N) is 1. The van der Waals surface area contributed by atoms with Gasteiger partial charge in [0.2, 0.25) is 0 Å². The fraction of sp³-hybridized carbons (Fsp3) is 0.462. The molecule has 6 heteroatoms. The van der Waals surface area contributed by atoms with Gasteiger partial charge in [-0.3, -0.25) is 4.79 Å². The summed E-state index contributed by atoms with van der Waals surface area (Å²) in [6.07, 6.45) is 0.683. The summed E-state index contributed by atoms with van der Waals surface area (Å²) in [5.41, 5.74) is -0.508. The molecule has 1 aliphatic heterocycles. The van der Waals surface area contributed by atoms with Gasteiger partial charge in [0, 0.05) is 6.54 Å². The molecule has 0 aromatic heterocycles. The Kier molecular flexibility index (Phi) is 3.80. The monoisotopic (exact) mass is 273 g/mol. The first-order chi connectivity index (χ1) is 8.97. The molecule has 2 rings (SSSR count). The largest absolute Gasteiger partial charge is 0.394 e. The third-order valence-corrected chi connectivity index (χ3v) is 3.60. The van der Waals surface area contributed by atoms with Gasteiger partial charge in [-0.05, 0) is 24.5 Å². The average Bonchev–Trinajstić information content (AvgIpc) is 2.76. The Bertz CT molecular complexity index is 507. The molecule has 0 bridgehead atoms. The predicted octanol–water partition coefficient (Wildman–Crippen LogP) is 1.95. The Labute approximate surface area is 108 Å². The van der Waals surface area contributed by atoms with Gasteiger partial charge in [0.1, 0.15) is 0 Å². The predicted molar refractivity (Wildman–Crippen MR) is 62.0 cm³/mol. The van der Waals surface area contributed by atoms with E-state index in [0.29, 0.717) is 13.0 Å². The number of benzene rings is 1. The molecule has 1 aromatic rings. The van der Waals surface area contributed by atoms with Crippen molar-refractivity contribution in [3.05, 3.63) is 35.1 Å². The van der Waals surface area contributed by atoms with Gasteiger partial charge < -0.3 is 10.0 Å². The Morgan fingerprint density at radius 3 is 2.68 bits per heavy atom. The molecule has 0 aliphatic carbocycles. The number of amides is 1. The van der Waals surface area contributed by atoms with Crippen LogP contribution in [0.2, 0.25) is 0 Å². The summed E-state index contributed by atoms with van der Waals surface area (Å²) in [6, 6.07) is 1.23. The second-order valence-electron chi connectivity index (χ2n) is 4.74. The molecule has 1 heterocycles. The lowest BCUT2D eigenvalue weighted by molar-refractivity contribution is 0.0642. The van der Waals surface area contributed by atoms with E-state index in [9.17, 15) is 23.1 Å². The Hall–Kier alpha value is -1.56. The number of likely N-dealkylation sites (tertiary alicyclic amines) is 1. The van der Waals surface area contributed by atoms with E-state index >= 15 is 0 Å². The third kappa shape index (κ3) is 2.32. The molecule has 1 aliphatic rings. The van der Waals surface area contributed by atoms with E-state index in [1.54, 1.807) is 0 Å². The van der Waals surface area contributed by atoms with E-state index in [1.807, 2.05) is 6.92 Å². The van der Waals surface area contributed by atoms with Crippen molar-refractivity contribution in [1.82, 2.24) is 4.90 Å². The van der Waals surface area contributed by atoms with E-state index in [-0.39, 0.29) is 12.5 Å². The topological polar surface area (TPSA) is 40.5 Å². The first-order valence-electron chi connectivity index (χ1n) is 6.02. The van der Waals surface area contributed by atoms with E-state index in [4.69, 9.17) is 0 Å². The highest BCUT2D eigenvalue weighted by Crippen LogP contribution is 2.26. The number of carbonyl (C=O) groups excluding carboxylic acids is 1. The summed E-state index contributed by atoms with van der Waals surface area (Å²) in [6.45, 7) is 2.00. The van der Waals surface area contributed by atoms with Crippen LogP contribution in [0.3, 0.4) is 0 Å². The molecule has 1 N–H and O–H groups in total. The third-order valence-electron chi connectivity index (χ3n) is 3.60. The fourth-order valence-electron chi connectivity index (χ4n) is 2.38. The van der Waals surface area contributed by atoms with Crippen LogP contribution in [0, 0.1) is 23.4 Å². The van der Waals surface area contributed by atoms with E-state index in [0.717, 1.165) is 12.1 Å². The molecule has 1 aromatic carbocycles. The van der Waals surface area contributed by atoms with Crippen LogP contribution in [0.5, 0.6) is 0 Å². The molecule has 3 nitrogen and oxygen atoms in total. The van der Waals surface area contributed by atoms with Crippen molar-refractivity contribution in [3.8, 4) is 0 Å². The number of rotatable bonds is 2. The molecule has 2 unspecified atom stereocenters. The molecule has 0 spiro atoms. The molecular formula is C13H14F3NO2. The second kappa shape index (κ2) is 5.21. The molecule has 19 heavy (non-hydrogen) atoms. The van der Waals surface area contributed by atoms with Crippen molar-refractivity contribution >= 4 is 5.91 Å². The van der Waals surface area contributed by atoms with Gasteiger partial charge in [0.05, 0.1) is 18.2 Å². The lowest BCUT2D eigenvalue weighted by Crippen LogP contribution is -2.40. The maximum atomic E-state index is 13.6. The Balaban J connectivity index is 2.33. The van der Waals surface area contributed by atoms with E-state index in [2.05, 4.69) is 0 Å². The van der Waals surface area contributed by atoms with Gasteiger partial charge in [-0.2, -0.15) is 0 Å². The molecule has 1 saturated heterocycles. The minimum absolute atomic E-state index is 0.0855. The molecule has 1 fully saturated rings. The molecular weight excluding hydrogens is 259 g/mol. The Morgan fingerprint density at radius 1 is 1.37 bits per heavy atom. The lowest BCUT2D eigenvalue weighted by Gasteiger charge is -2.25. The molecule has 0 saturated carbocycles.